The van der Waals surface area contributed by atoms with Crippen LogP contribution < -0.4 is 14.8 Å². The Hall–Kier alpha value is -1.64. The molecule has 0 atom stereocenters. The van der Waals surface area contributed by atoms with Gasteiger partial charge in [-0.05, 0) is 32.8 Å². The largest absolute Gasteiger partial charge is 0.497 e. The van der Waals surface area contributed by atoms with Gasteiger partial charge in [0.2, 0.25) is 0 Å². The van der Waals surface area contributed by atoms with Crippen LogP contribution in [0, 0.1) is 5.41 Å². The number of nitrogens with zero attached hydrogens (tertiary/aromatic N) is 2. The average Bonchev–Trinajstić information content (AvgIpc) is 3.08. The van der Waals surface area contributed by atoms with Crippen LogP contribution in [0.1, 0.15) is 39.8 Å². The Morgan fingerprint density at radius 2 is 1.90 bits per heavy atom. The van der Waals surface area contributed by atoms with Crippen molar-refractivity contribution in [3.63, 3.8) is 0 Å². The van der Waals surface area contributed by atoms with Gasteiger partial charge in [-0.1, -0.05) is 13.8 Å². The molecule has 0 saturated carbocycles. The molecule has 162 valence electrons. The van der Waals surface area contributed by atoms with Gasteiger partial charge in [0.25, 0.3) is 0 Å². The first kappa shape index (κ1) is 23.6. The monoisotopic (exact) mass is 514 g/mol. The standard InChI is InChI=1S/C22H34N4O2.HI/c1-21(2)14-26(22(21,3)4)20(23-5)24-10-8-9-15-11-17-18(25-15)12-16(27-6)13-19(17)28-7;/h11-13,25H,8-10,14H2,1-7H3,(H,23,24);1H. The molecule has 0 bridgehead atoms. The highest BCUT2D eigenvalue weighted by Crippen LogP contribution is 2.46. The Morgan fingerprint density at radius 3 is 2.45 bits per heavy atom. The van der Waals surface area contributed by atoms with E-state index in [1.165, 1.54) is 5.69 Å². The van der Waals surface area contributed by atoms with Crippen LogP contribution in [0.2, 0.25) is 0 Å². The number of benzene rings is 1. The zero-order valence-electron chi connectivity index (χ0n) is 18.7. The predicted octanol–water partition coefficient (Wildman–Crippen LogP) is 4.43. The molecular formula is C22H35IN4O2. The van der Waals surface area contributed by atoms with E-state index >= 15 is 0 Å². The lowest BCUT2D eigenvalue weighted by atomic mass is 9.65. The number of nitrogens with one attached hydrogen (secondary N) is 2. The van der Waals surface area contributed by atoms with Crippen molar-refractivity contribution in [3.05, 3.63) is 23.9 Å². The van der Waals surface area contributed by atoms with Crippen molar-refractivity contribution in [2.24, 2.45) is 10.4 Å². The van der Waals surface area contributed by atoms with Gasteiger partial charge in [-0.3, -0.25) is 4.99 Å². The van der Waals surface area contributed by atoms with E-state index in [1.807, 2.05) is 19.2 Å². The molecule has 0 amide bonds. The van der Waals surface area contributed by atoms with Gasteiger partial charge in [0, 0.05) is 54.3 Å². The van der Waals surface area contributed by atoms with Crippen molar-refractivity contribution < 1.29 is 9.47 Å². The molecule has 0 aliphatic carbocycles. The van der Waals surface area contributed by atoms with Crippen molar-refractivity contribution in [1.29, 1.82) is 0 Å². The zero-order valence-corrected chi connectivity index (χ0v) is 21.0. The van der Waals surface area contributed by atoms with Crippen molar-refractivity contribution in [1.82, 2.24) is 15.2 Å². The molecule has 6 nitrogen and oxygen atoms in total. The molecule has 1 aliphatic heterocycles. The number of aliphatic imine (C=N–C) groups is 1. The summed E-state index contributed by atoms with van der Waals surface area (Å²) in [5.74, 6) is 2.62. The van der Waals surface area contributed by atoms with Crippen LogP contribution in [-0.2, 0) is 6.42 Å². The van der Waals surface area contributed by atoms with Crippen molar-refractivity contribution in [3.8, 4) is 11.5 Å². The summed E-state index contributed by atoms with van der Waals surface area (Å²) in [7, 11) is 5.22. The number of halogens is 1. The Labute approximate surface area is 191 Å². The zero-order chi connectivity index (χ0) is 20.5. The van der Waals surface area contributed by atoms with Crippen molar-refractivity contribution in [2.75, 3.05) is 34.4 Å². The second kappa shape index (κ2) is 9.02. The third kappa shape index (κ3) is 4.44. The summed E-state index contributed by atoms with van der Waals surface area (Å²) in [6.45, 7) is 11.1. The Morgan fingerprint density at radius 1 is 1.17 bits per heavy atom. The van der Waals surface area contributed by atoms with E-state index in [9.17, 15) is 0 Å². The highest BCUT2D eigenvalue weighted by atomic mass is 127. The molecule has 0 spiro atoms. The maximum Gasteiger partial charge on any atom is 0.194 e. The van der Waals surface area contributed by atoms with Gasteiger partial charge in [0.05, 0.1) is 19.7 Å². The number of aromatic nitrogens is 1. The molecule has 2 N–H and O–H groups in total. The van der Waals surface area contributed by atoms with Crippen molar-refractivity contribution in [2.45, 2.75) is 46.1 Å². The van der Waals surface area contributed by atoms with Gasteiger partial charge in [-0.2, -0.15) is 0 Å². The maximum absolute atomic E-state index is 5.50. The number of rotatable bonds is 6. The molecule has 29 heavy (non-hydrogen) atoms. The second-order valence-corrected chi connectivity index (χ2v) is 8.69. The van der Waals surface area contributed by atoms with Gasteiger partial charge >= 0.3 is 0 Å². The van der Waals surface area contributed by atoms with Gasteiger partial charge in [0.1, 0.15) is 11.5 Å². The van der Waals surface area contributed by atoms with E-state index in [0.29, 0.717) is 5.41 Å². The number of hydrogen-bond donors (Lipinski definition) is 2. The number of aryl methyl sites for hydroxylation is 1. The normalized spacial score (nSPS) is 17.5. The number of guanidine groups is 1. The number of fused-ring (bicyclic) bond motifs is 1. The highest BCUT2D eigenvalue weighted by molar-refractivity contribution is 14.0. The molecule has 2 heterocycles. The van der Waals surface area contributed by atoms with E-state index in [0.717, 1.165) is 54.3 Å². The number of methoxy groups -OCH3 is 2. The van der Waals surface area contributed by atoms with Crippen molar-refractivity contribution >= 4 is 40.8 Å². The minimum Gasteiger partial charge on any atom is -0.497 e. The first-order valence-electron chi connectivity index (χ1n) is 9.95. The van der Waals surface area contributed by atoms with Gasteiger partial charge in [0.15, 0.2) is 5.96 Å². The molecule has 1 saturated heterocycles. The summed E-state index contributed by atoms with van der Waals surface area (Å²) in [5.41, 5.74) is 2.65. The van der Waals surface area contributed by atoms with E-state index in [-0.39, 0.29) is 29.5 Å². The first-order valence-corrected chi connectivity index (χ1v) is 9.95. The van der Waals surface area contributed by atoms with Crippen LogP contribution in [-0.4, -0.2) is 55.7 Å². The summed E-state index contributed by atoms with van der Waals surface area (Å²) in [4.78, 5) is 10.3. The molecular weight excluding hydrogens is 479 g/mol. The van der Waals surface area contributed by atoms with E-state index in [1.54, 1.807) is 14.2 Å². The third-order valence-electron chi connectivity index (χ3n) is 6.44. The Kier molecular flexibility index (Phi) is 7.35. The summed E-state index contributed by atoms with van der Waals surface area (Å²) in [6, 6.07) is 6.10. The SMILES string of the molecule is CN=C(NCCCc1cc2c(OC)cc(OC)cc2[nH]1)N1CC(C)(C)C1(C)C.I. The minimum atomic E-state index is 0. The fourth-order valence-electron chi connectivity index (χ4n) is 3.83. The maximum atomic E-state index is 5.50. The fraction of sp³-hybridized carbons (Fsp3) is 0.591. The van der Waals surface area contributed by atoms with Crippen LogP contribution >= 0.6 is 24.0 Å². The molecule has 0 radical (unpaired) electrons. The van der Waals surface area contributed by atoms with Crippen LogP contribution in [0.15, 0.2) is 23.2 Å². The lowest BCUT2D eigenvalue weighted by Gasteiger charge is -2.62. The van der Waals surface area contributed by atoms with Crippen LogP contribution in [0.5, 0.6) is 11.5 Å². The van der Waals surface area contributed by atoms with Crippen LogP contribution in [0.4, 0.5) is 0 Å². The van der Waals surface area contributed by atoms with Gasteiger partial charge in [-0.15, -0.1) is 24.0 Å². The number of hydrogen-bond acceptors (Lipinski definition) is 3. The smallest absolute Gasteiger partial charge is 0.194 e. The number of ether oxygens (including phenoxy) is 2. The summed E-state index contributed by atoms with van der Waals surface area (Å²) in [5, 5.41) is 4.62. The molecule has 1 aromatic carbocycles. The fourth-order valence-corrected chi connectivity index (χ4v) is 3.83. The molecule has 3 rings (SSSR count). The van der Waals surface area contributed by atoms with Gasteiger partial charge in [-0.25, -0.2) is 0 Å². The number of H-pyrrole nitrogens is 1. The van der Waals surface area contributed by atoms with E-state index < -0.39 is 0 Å². The molecule has 0 unspecified atom stereocenters. The number of likely N-dealkylation sites (tertiary alicyclic amines) is 1. The molecule has 1 fully saturated rings. The summed E-state index contributed by atoms with van der Waals surface area (Å²) in [6.07, 6.45) is 1.97. The molecule has 2 aromatic rings. The third-order valence-corrected chi connectivity index (χ3v) is 6.44. The molecule has 1 aromatic heterocycles. The quantitative estimate of drug-likeness (QED) is 0.259. The van der Waals surface area contributed by atoms with Crippen LogP contribution in [0.25, 0.3) is 10.9 Å². The first-order chi connectivity index (χ1) is 13.2. The molecule has 7 heteroatoms. The highest BCUT2D eigenvalue weighted by Gasteiger charge is 2.53. The second-order valence-electron chi connectivity index (χ2n) is 8.69. The summed E-state index contributed by atoms with van der Waals surface area (Å²) >= 11 is 0. The Bertz CT molecular complexity index is 873. The lowest BCUT2D eigenvalue weighted by molar-refractivity contribution is -0.0667. The van der Waals surface area contributed by atoms with E-state index in [2.05, 4.69) is 54.0 Å². The van der Waals surface area contributed by atoms with E-state index in [4.69, 9.17) is 9.47 Å². The van der Waals surface area contributed by atoms with Gasteiger partial charge < -0.3 is 24.7 Å². The predicted molar refractivity (Wildman–Crippen MR) is 131 cm³/mol. The lowest BCUT2D eigenvalue weighted by Crippen LogP contribution is -2.72. The average molecular weight is 514 g/mol. The van der Waals surface area contributed by atoms with Crippen LogP contribution in [0.3, 0.4) is 0 Å². The number of aromatic amines is 1. The molecule has 1 aliphatic rings. The topological polar surface area (TPSA) is 61.9 Å². The minimum absolute atomic E-state index is 0. The Balaban J connectivity index is 0.00000300. The summed E-state index contributed by atoms with van der Waals surface area (Å²) < 4.78 is 10.9.